The Balaban J connectivity index is 3.70. The standard InChI is InChI=1S/C13H27N3O2/c1-4-11(5-2)16-13(18)10(3)15-9-7-6-8-12(14)17/h10-11,15H,4-9H2,1-3H3,(H2,14,17)(H,16,18). The molecule has 0 rings (SSSR count). The summed E-state index contributed by atoms with van der Waals surface area (Å²) in [5.74, 6) is -0.229. The lowest BCUT2D eigenvalue weighted by molar-refractivity contribution is -0.123. The number of hydrogen-bond acceptors (Lipinski definition) is 3. The molecule has 0 aliphatic heterocycles. The van der Waals surface area contributed by atoms with E-state index in [-0.39, 0.29) is 23.9 Å². The molecule has 0 heterocycles. The van der Waals surface area contributed by atoms with Crippen molar-refractivity contribution in [3.05, 3.63) is 0 Å². The number of nitrogens with two attached hydrogens (primary N) is 1. The van der Waals surface area contributed by atoms with Gasteiger partial charge in [-0.05, 0) is 39.2 Å². The minimum Gasteiger partial charge on any atom is -0.370 e. The van der Waals surface area contributed by atoms with Gasteiger partial charge in [-0.15, -0.1) is 0 Å². The fourth-order valence-corrected chi connectivity index (χ4v) is 1.65. The summed E-state index contributed by atoms with van der Waals surface area (Å²) in [5, 5.41) is 6.15. The van der Waals surface area contributed by atoms with E-state index < -0.39 is 0 Å². The molecule has 0 aromatic heterocycles. The highest BCUT2D eigenvalue weighted by Gasteiger charge is 2.14. The molecule has 0 saturated carbocycles. The minimum absolute atomic E-state index is 0.0404. The molecule has 4 N–H and O–H groups in total. The Labute approximate surface area is 110 Å². The lowest BCUT2D eigenvalue weighted by Crippen LogP contribution is -2.46. The van der Waals surface area contributed by atoms with E-state index in [1.165, 1.54) is 0 Å². The first kappa shape index (κ1) is 16.9. The van der Waals surface area contributed by atoms with Crippen LogP contribution in [0.3, 0.4) is 0 Å². The maximum absolute atomic E-state index is 11.8. The Hall–Kier alpha value is -1.10. The highest BCUT2D eigenvalue weighted by atomic mass is 16.2. The van der Waals surface area contributed by atoms with Crippen molar-refractivity contribution in [1.29, 1.82) is 0 Å². The van der Waals surface area contributed by atoms with Crippen LogP contribution in [0.15, 0.2) is 0 Å². The van der Waals surface area contributed by atoms with Gasteiger partial charge in [0, 0.05) is 12.5 Å². The Kier molecular flexibility index (Phi) is 9.28. The van der Waals surface area contributed by atoms with Gasteiger partial charge in [-0.25, -0.2) is 0 Å². The van der Waals surface area contributed by atoms with Gasteiger partial charge in [0.2, 0.25) is 11.8 Å². The van der Waals surface area contributed by atoms with E-state index in [0.29, 0.717) is 6.42 Å². The second-order valence-corrected chi connectivity index (χ2v) is 4.62. The third-order valence-corrected chi connectivity index (χ3v) is 3.03. The van der Waals surface area contributed by atoms with Crippen molar-refractivity contribution in [1.82, 2.24) is 10.6 Å². The first-order valence-corrected chi connectivity index (χ1v) is 6.83. The lowest BCUT2D eigenvalue weighted by Gasteiger charge is -2.19. The first-order chi connectivity index (χ1) is 8.51. The highest BCUT2D eigenvalue weighted by Crippen LogP contribution is 1.98. The summed E-state index contributed by atoms with van der Waals surface area (Å²) in [7, 11) is 0. The van der Waals surface area contributed by atoms with Crippen molar-refractivity contribution in [3.63, 3.8) is 0 Å². The first-order valence-electron chi connectivity index (χ1n) is 6.83. The number of nitrogens with one attached hydrogen (secondary N) is 2. The van der Waals surface area contributed by atoms with E-state index in [1.54, 1.807) is 0 Å². The van der Waals surface area contributed by atoms with Crippen LogP contribution in [-0.4, -0.2) is 30.4 Å². The smallest absolute Gasteiger partial charge is 0.237 e. The molecule has 0 radical (unpaired) electrons. The summed E-state index contributed by atoms with van der Waals surface area (Å²) in [6, 6.07) is 0.0655. The fourth-order valence-electron chi connectivity index (χ4n) is 1.65. The van der Waals surface area contributed by atoms with Crippen molar-refractivity contribution >= 4 is 11.8 Å². The summed E-state index contributed by atoms with van der Waals surface area (Å²) < 4.78 is 0. The highest BCUT2D eigenvalue weighted by molar-refractivity contribution is 5.81. The monoisotopic (exact) mass is 257 g/mol. The molecule has 0 bridgehead atoms. The Morgan fingerprint density at radius 3 is 2.28 bits per heavy atom. The lowest BCUT2D eigenvalue weighted by atomic mass is 10.1. The minimum atomic E-state index is -0.269. The SMILES string of the molecule is CCC(CC)NC(=O)C(C)NCCCCC(N)=O. The Morgan fingerprint density at radius 2 is 1.78 bits per heavy atom. The molecular formula is C13H27N3O2. The van der Waals surface area contributed by atoms with Crippen molar-refractivity contribution in [2.45, 2.75) is 65.0 Å². The Morgan fingerprint density at radius 1 is 1.17 bits per heavy atom. The van der Waals surface area contributed by atoms with Crippen LogP contribution in [-0.2, 0) is 9.59 Å². The van der Waals surface area contributed by atoms with Gasteiger partial charge in [-0.3, -0.25) is 9.59 Å². The molecule has 0 spiro atoms. The van der Waals surface area contributed by atoms with Crippen LogP contribution in [0.5, 0.6) is 0 Å². The topological polar surface area (TPSA) is 84.2 Å². The van der Waals surface area contributed by atoms with E-state index in [1.807, 2.05) is 6.92 Å². The van der Waals surface area contributed by atoms with Crippen LogP contribution in [0, 0.1) is 0 Å². The molecule has 0 aromatic carbocycles. The number of primary amides is 1. The van der Waals surface area contributed by atoms with Crippen LogP contribution in [0.4, 0.5) is 0 Å². The number of hydrogen-bond donors (Lipinski definition) is 3. The van der Waals surface area contributed by atoms with Gasteiger partial charge in [0.15, 0.2) is 0 Å². The molecule has 5 heteroatoms. The van der Waals surface area contributed by atoms with E-state index in [2.05, 4.69) is 24.5 Å². The summed E-state index contributed by atoms with van der Waals surface area (Å²) in [4.78, 5) is 22.3. The van der Waals surface area contributed by atoms with Gasteiger partial charge in [-0.2, -0.15) is 0 Å². The number of rotatable bonds is 10. The third-order valence-electron chi connectivity index (χ3n) is 3.03. The van der Waals surface area contributed by atoms with E-state index >= 15 is 0 Å². The van der Waals surface area contributed by atoms with Crippen molar-refractivity contribution in [2.75, 3.05) is 6.54 Å². The molecule has 18 heavy (non-hydrogen) atoms. The predicted molar refractivity (Wildman–Crippen MR) is 73.0 cm³/mol. The van der Waals surface area contributed by atoms with Crippen molar-refractivity contribution < 1.29 is 9.59 Å². The molecular weight excluding hydrogens is 230 g/mol. The molecule has 0 fully saturated rings. The molecule has 0 aromatic rings. The van der Waals surface area contributed by atoms with E-state index in [4.69, 9.17) is 5.73 Å². The zero-order valence-electron chi connectivity index (χ0n) is 11.8. The maximum Gasteiger partial charge on any atom is 0.237 e. The number of carbonyl (C=O) groups excluding carboxylic acids is 2. The number of amides is 2. The summed E-state index contributed by atoms with van der Waals surface area (Å²) >= 11 is 0. The predicted octanol–water partition coefficient (Wildman–Crippen LogP) is 0.925. The van der Waals surface area contributed by atoms with Crippen LogP contribution in [0.2, 0.25) is 0 Å². The summed E-state index contributed by atoms with van der Waals surface area (Å²) in [6.45, 7) is 6.71. The normalized spacial score (nSPS) is 12.4. The van der Waals surface area contributed by atoms with Gasteiger partial charge < -0.3 is 16.4 Å². The second kappa shape index (κ2) is 9.88. The van der Waals surface area contributed by atoms with Gasteiger partial charge in [0.25, 0.3) is 0 Å². The molecule has 2 amide bonds. The van der Waals surface area contributed by atoms with Gasteiger partial charge >= 0.3 is 0 Å². The quantitative estimate of drug-likeness (QED) is 0.509. The molecule has 5 nitrogen and oxygen atoms in total. The Bertz CT molecular complexity index is 253. The van der Waals surface area contributed by atoms with Crippen LogP contribution in [0.25, 0.3) is 0 Å². The molecule has 0 aliphatic carbocycles. The molecule has 0 saturated heterocycles. The zero-order chi connectivity index (χ0) is 14.0. The molecule has 0 aliphatic rings. The molecule has 1 unspecified atom stereocenters. The van der Waals surface area contributed by atoms with E-state index in [0.717, 1.165) is 32.2 Å². The van der Waals surface area contributed by atoms with Crippen molar-refractivity contribution in [2.24, 2.45) is 5.73 Å². The fraction of sp³-hybridized carbons (Fsp3) is 0.846. The zero-order valence-corrected chi connectivity index (χ0v) is 11.8. The number of unbranched alkanes of at least 4 members (excludes halogenated alkanes) is 1. The molecule has 106 valence electrons. The average Bonchev–Trinajstić information content (AvgIpc) is 2.34. The van der Waals surface area contributed by atoms with Crippen LogP contribution in [0.1, 0.15) is 52.9 Å². The third kappa shape index (κ3) is 8.06. The second-order valence-electron chi connectivity index (χ2n) is 4.62. The van der Waals surface area contributed by atoms with Crippen molar-refractivity contribution in [3.8, 4) is 0 Å². The average molecular weight is 257 g/mol. The maximum atomic E-state index is 11.8. The van der Waals surface area contributed by atoms with Crippen LogP contribution >= 0.6 is 0 Å². The van der Waals surface area contributed by atoms with Gasteiger partial charge in [0.05, 0.1) is 6.04 Å². The van der Waals surface area contributed by atoms with Gasteiger partial charge in [-0.1, -0.05) is 13.8 Å². The van der Waals surface area contributed by atoms with Gasteiger partial charge in [0.1, 0.15) is 0 Å². The largest absolute Gasteiger partial charge is 0.370 e. The molecule has 1 atom stereocenters. The summed E-state index contributed by atoms with van der Waals surface area (Å²) in [5.41, 5.74) is 5.04. The van der Waals surface area contributed by atoms with Crippen LogP contribution < -0.4 is 16.4 Å². The van der Waals surface area contributed by atoms with E-state index in [9.17, 15) is 9.59 Å². The summed E-state index contributed by atoms with van der Waals surface area (Å²) in [6.07, 6.45) is 3.94. The number of carbonyl (C=O) groups is 2.